The molecule has 2 aromatic carbocycles. The molecule has 0 radical (unpaired) electrons. The Morgan fingerprint density at radius 2 is 1.62 bits per heavy atom. The van der Waals surface area contributed by atoms with Crippen LogP contribution in [0.25, 0.3) is 21.9 Å². The normalized spacial score (nSPS) is 12.4. The van der Waals surface area contributed by atoms with Crippen molar-refractivity contribution in [3.05, 3.63) is 80.4 Å². The number of furan rings is 1. The zero-order valence-electron chi connectivity index (χ0n) is 18.7. The minimum Gasteiger partial charge on any atom is -0.461 e. The molecule has 2 N–H and O–H groups in total. The van der Waals surface area contributed by atoms with Gasteiger partial charge in [-0.2, -0.15) is 0 Å². The summed E-state index contributed by atoms with van der Waals surface area (Å²) in [7, 11) is 0. The van der Waals surface area contributed by atoms with E-state index in [9.17, 15) is 14.7 Å². The lowest BCUT2D eigenvalue weighted by molar-refractivity contribution is -0.121. The number of nitrogens with one attached hydrogen (secondary N) is 1. The lowest BCUT2D eigenvalue weighted by Gasteiger charge is -2.13. The van der Waals surface area contributed by atoms with Crippen LogP contribution in [0, 0.1) is 27.7 Å². The van der Waals surface area contributed by atoms with Crippen molar-refractivity contribution in [3.63, 3.8) is 0 Å². The largest absolute Gasteiger partial charge is 0.461 e. The summed E-state index contributed by atoms with van der Waals surface area (Å²) >= 11 is 0. The molecule has 1 amide bonds. The summed E-state index contributed by atoms with van der Waals surface area (Å²) in [4.78, 5) is 25.1. The monoisotopic (exact) mass is 433 g/mol. The number of aliphatic hydroxyl groups is 1. The second-order valence-corrected chi connectivity index (χ2v) is 8.26. The van der Waals surface area contributed by atoms with E-state index in [2.05, 4.69) is 5.32 Å². The highest BCUT2D eigenvalue weighted by atomic mass is 16.4. The van der Waals surface area contributed by atoms with Crippen molar-refractivity contribution in [1.29, 1.82) is 0 Å². The predicted octanol–water partition coefficient (Wildman–Crippen LogP) is 4.56. The van der Waals surface area contributed by atoms with Crippen LogP contribution in [0.5, 0.6) is 0 Å². The van der Waals surface area contributed by atoms with Gasteiger partial charge in [-0.1, -0.05) is 30.3 Å². The van der Waals surface area contributed by atoms with Gasteiger partial charge in [-0.3, -0.25) is 4.79 Å². The molecule has 0 fully saturated rings. The van der Waals surface area contributed by atoms with Crippen molar-refractivity contribution in [1.82, 2.24) is 5.32 Å². The second kappa shape index (κ2) is 8.63. The molecule has 166 valence electrons. The first-order valence-corrected chi connectivity index (χ1v) is 10.7. The van der Waals surface area contributed by atoms with Crippen LogP contribution in [0.15, 0.2) is 50.0 Å². The maximum absolute atomic E-state index is 12.7. The SMILES string of the molecule is Cc1oc2c(C)c3oc(=O)c(CCC(=O)NCC(O)c4ccccc4)c(C)c3cc2c1C. The van der Waals surface area contributed by atoms with Gasteiger partial charge < -0.3 is 19.3 Å². The average molecular weight is 434 g/mol. The number of carbonyl (C=O) groups is 1. The zero-order chi connectivity index (χ0) is 23.0. The maximum Gasteiger partial charge on any atom is 0.339 e. The van der Waals surface area contributed by atoms with Crippen LogP contribution in [-0.4, -0.2) is 17.6 Å². The van der Waals surface area contributed by atoms with Gasteiger partial charge in [-0.25, -0.2) is 4.79 Å². The van der Waals surface area contributed by atoms with Crippen molar-refractivity contribution in [2.45, 2.75) is 46.6 Å². The summed E-state index contributed by atoms with van der Waals surface area (Å²) < 4.78 is 11.5. The first-order valence-electron chi connectivity index (χ1n) is 10.7. The Hall–Kier alpha value is -3.38. The Bertz CT molecular complexity index is 1360. The minimum absolute atomic E-state index is 0.116. The molecule has 6 heteroatoms. The second-order valence-electron chi connectivity index (χ2n) is 8.26. The number of aliphatic hydroxyl groups excluding tert-OH is 1. The summed E-state index contributed by atoms with van der Waals surface area (Å²) in [6, 6.07) is 11.2. The number of amides is 1. The number of aryl methyl sites for hydroxylation is 4. The van der Waals surface area contributed by atoms with Gasteiger partial charge in [-0.15, -0.1) is 0 Å². The van der Waals surface area contributed by atoms with E-state index in [0.29, 0.717) is 11.1 Å². The van der Waals surface area contributed by atoms with E-state index in [1.165, 1.54) is 0 Å². The molecule has 0 saturated carbocycles. The average Bonchev–Trinajstić information content (AvgIpc) is 3.07. The van der Waals surface area contributed by atoms with Crippen LogP contribution in [-0.2, 0) is 11.2 Å². The summed E-state index contributed by atoms with van der Waals surface area (Å²) in [6.45, 7) is 7.82. The highest BCUT2D eigenvalue weighted by Gasteiger charge is 2.19. The molecule has 4 rings (SSSR count). The molecule has 0 aliphatic rings. The van der Waals surface area contributed by atoms with Crippen LogP contribution in [0.3, 0.4) is 0 Å². The third-order valence-electron chi connectivity index (χ3n) is 6.22. The minimum atomic E-state index is -0.778. The number of hydrogen-bond acceptors (Lipinski definition) is 5. The van der Waals surface area contributed by atoms with E-state index in [1.54, 1.807) is 0 Å². The lowest BCUT2D eigenvalue weighted by Crippen LogP contribution is -2.29. The van der Waals surface area contributed by atoms with Gasteiger partial charge in [0.25, 0.3) is 0 Å². The Kier molecular flexibility index (Phi) is 5.89. The molecule has 0 bridgehead atoms. The Morgan fingerprint density at radius 1 is 0.969 bits per heavy atom. The molecule has 2 aromatic heterocycles. The van der Waals surface area contributed by atoms with E-state index < -0.39 is 11.7 Å². The van der Waals surface area contributed by atoms with E-state index >= 15 is 0 Å². The summed E-state index contributed by atoms with van der Waals surface area (Å²) in [5, 5.41) is 14.8. The quantitative estimate of drug-likeness (QED) is 0.435. The fourth-order valence-corrected chi connectivity index (χ4v) is 4.11. The molecule has 32 heavy (non-hydrogen) atoms. The molecule has 0 aliphatic heterocycles. The van der Waals surface area contributed by atoms with Crippen LogP contribution in [0.1, 0.15) is 46.1 Å². The molecule has 2 heterocycles. The Balaban J connectivity index is 1.54. The smallest absolute Gasteiger partial charge is 0.339 e. The van der Waals surface area contributed by atoms with Gasteiger partial charge in [0, 0.05) is 34.9 Å². The molecule has 1 atom stereocenters. The predicted molar refractivity (Wildman–Crippen MR) is 124 cm³/mol. The third-order valence-corrected chi connectivity index (χ3v) is 6.22. The first kappa shape index (κ1) is 21.8. The topological polar surface area (TPSA) is 92.7 Å². The molecule has 6 nitrogen and oxygen atoms in total. The summed E-state index contributed by atoms with van der Waals surface area (Å²) in [5.74, 6) is 0.611. The fraction of sp³-hybridized carbons (Fsp3) is 0.308. The van der Waals surface area contributed by atoms with Crippen LogP contribution in [0.4, 0.5) is 0 Å². The number of rotatable bonds is 6. The molecule has 0 saturated heterocycles. The van der Waals surface area contributed by atoms with Gasteiger partial charge in [0.05, 0.1) is 6.10 Å². The van der Waals surface area contributed by atoms with Crippen molar-refractivity contribution < 1.29 is 18.7 Å². The van der Waals surface area contributed by atoms with Gasteiger partial charge in [0.2, 0.25) is 5.91 Å². The van der Waals surface area contributed by atoms with Crippen molar-refractivity contribution >= 4 is 27.8 Å². The lowest BCUT2D eigenvalue weighted by atomic mass is 9.98. The third kappa shape index (κ3) is 3.94. The Morgan fingerprint density at radius 3 is 2.34 bits per heavy atom. The van der Waals surface area contributed by atoms with Crippen LogP contribution in [0.2, 0.25) is 0 Å². The van der Waals surface area contributed by atoms with E-state index in [4.69, 9.17) is 8.83 Å². The number of fused-ring (bicyclic) bond motifs is 2. The van der Waals surface area contributed by atoms with Gasteiger partial charge in [-0.05, 0) is 56.9 Å². The maximum atomic E-state index is 12.7. The number of benzene rings is 2. The van der Waals surface area contributed by atoms with Crippen LogP contribution < -0.4 is 10.9 Å². The van der Waals surface area contributed by atoms with E-state index in [0.717, 1.165) is 44.4 Å². The summed E-state index contributed by atoms with van der Waals surface area (Å²) in [6.07, 6.45) is -0.388. The number of hydrogen-bond donors (Lipinski definition) is 2. The molecule has 0 spiro atoms. The molecular formula is C26H27NO5. The first-order chi connectivity index (χ1) is 15.3. The van der Waals surface area contributed by atoms with E-state index in [-0.39, 0.29) is 25.3 Å². The standard InChI is InChI=1S/C26H27NO5/c1-14-17(4)31-24-16(3)25-21(12-20(14)24)15(2)19(26(30)32-25)10-11-23(29)27-13-22(28)18-8-6-5-7-9-18/h5-9,12,22,28H,10-11,13H2,1-4H3,(H,27,29). The molecule has 1 unspecified atom stereocenters. The molecular weight excluding hydrogens is 406 g/mol. The van der Waals surface area contributed by atoms with Crippen molar-refractivity contribution in [2.75, 3.05) is 6.54 Å². The zero-order valence-corrected chi connectivity index (χ0v) is 18.7. The van der Waals surface area contributed by atoms with Crippen molar-refractivity contribution in [3.8, 4) is 0 Å². The molecule has 0 aliphatic carbocycles. The summed E-state index contributed by atoms with van der Waals surface area (Å²) in [5.41, 5.74) is 4.73. The van der Waals surface area contributed by atoms with Gasteiger partial charge >= 0.3 is 5.63 Å². The van der Waals surface area contributed by atoms with Gasteiger partial charge in [0.15, 0.2) is 0 Å². The van der Waals surface area contributed by atoms with Gasteiger partial charge in [0.1, 0.15) is 16.9 Å². The number of carbonyl (C=O) groups excluding carboxylic acids is 1. The highest BCUT2D eigenvalue weighted by Crippen LogP contribution is 2.34. The van der Waals surface area contributed by atoms with Crippen LogP contribution >= 0.6 is 0 Å². The Labute approximate surface area is 185 Å². The van der Waals surface area contributed by atoms with Crippen molar-refractivity contribution in [2.24, 2.45) is 0 Å². The van der Waals surface area contributed by atoms with E-state index in [1.807, 2.05) is 64.1 Å². The highest BCUT2D eigenvalue weighted by molar-refractivity contribution is 6.00. The fourth-order valence-electron chi connectivity index (χ4n) is 4.11. The molecule has 4 aromatic rings.